The van der Waals surface area contributed by atoms with E-state index in [1.54, 1.807) is 66.4 Å². The maximum Gasteiger partial charge on any atom is 1.00 e. The second kappa shape index (κ2) is 14.7. The quantitative estimate of drug-likeness (QED) is 0.294. The third-order valence-corrected chi connectivity index (χ3v) is 3.91. The summed E-state index contributed by atoms with van der Waals surface area (Å²) in [4.78, 5) is 45.1. The average molecular weight is 535 g/mol. The number of rotatable bonds is 4. The number of nitrogens with one attached hydrogen (secondary N) is 2. The summed E-state index contributed by atoms with van der Waals surface area (Å²) in [6.07, 6.45) is 1.94. The molecule has 0 aromatic carbocycles. The van der Waals surface area contributed by atoms with Gasteiger partial charge in [-0.15, -0.1) is 0 Å². The second-order valence-electron chi connectivity index (χ2n) is 9.50. The zero-order valence-electron chi connectivity index (χ0n) is 23.0. The first kappa shape index (κ1) is 36.2. The summed E-state index contributed by atoms with van der Waals surface area (Å²) < 4.78 is 17.7. The smallest absolute Gasteiger partial charge is 0.870 e. The Balaban J connectivity index is 0. The van der Waals surface area contributed by atoms with Gasteiger partial charge in [-0.25, -0.2) is 19.2 Å². The number of esters is 1. The molecule has 0 radical (unpaired) electrons. The van der Waals surface area contributed by atoms with Crippen molar-refractivity contribution in [3.05, 3.63) is 35.9 Å². The summed E-state index contributed by atoms with van der Waals surface area (Å²) in [5.74, 6) is -1.51. The van der Waals surface area contributed by atoms with Crippen molar-refractivity contribution in [3.63, 3.8) is 0 Å². The Bertz CT molecular complexity index is 1080. The van der Waals surface area contributed by atoms with Gasteiger partial charge in [-0.2, -0.15) is 0 Å². The number of ether oxygens (including phenoxy) is 3. The monoisotopic (exact) mass is 534 g/mol. The first-order valence-electron chi connectivity index (χ1n) is 10.6. The van der Waals surface area contributed by atoms with E-state index in [1.807, 2.05) is 0 Å². The van der Waals surface area contributed by atoms with Gasteiger partial charge < -0.3 is 33.9 Å². The second-order valence-corrected chi connectivity index (χ2v) is 9.50. The molecule has 0 saturated carbocycles. The molecule has 0 aliphatic rings. The Hall–Kier alpha value is -3.00. The van der Waals surface area contributed by atoms with Gasteiger partial charge >= 0.3 is 53.7 Å². The summed E-state index contributed by atoms with van der Waals surface area (Å²) in [7, 11) is 4.58. The van der Waals surface area contributed by atoms with Gasteiger partial charge in [0.15, 0.2) is 0 Å². The summed E-state index contributed by atoms with van der Waals surface area (Å²) >= 11 is 0. The molecule has 2 aromatic rings. The van der Waals surface area contributed by atoms with Crippen LogP contribution in [0.5, 0.6) is 0 Å². The van der Waals surface area contributed by atoms with Crippen molar-refractivity contribution in [2.45, 2.75) is 52.7 Å². The van der Waals surface area contributed by atoms with Crippen LogP contribution in [0.1, 0.15) is 62.5 Å². The normalized spacial score (nSPS) is 10.4. The third-order valence-electron chi connectivity index (χ3n) is 3.91. The number of carbonyl (C=O) groups excluding carboxylic acids is 3. The maximum atomic E-state index is 11.5. The molecule has 0 aliphatic carbocycles. The van der Waals surface area contributed by atoms with E-state index in [4.69, 9.17) is 14.6 Å². The minimum Gasteiger partial charge on any atom is -0.870 e. The molecule has 0 bridgehead atoms. The van der Waals surface area contributed by atoms with Crippen LogP contribution in [0.2, 0.25) is 0 Å². The molecular formula is C23H35N4NaO9. The van der Waals surface area contributed by atoms with Gasteiger partial charge in [0.1, 0.15) is 22.6 Å². The van der Waals surface area contributed by atoms with Crippen LogP contribution in [0.3, 0.4) is 0 Å². The van der Waals surface area contributed by atoms with E-state index in [9.17, 15) is 19.2 Å². The molecule has 2 amide bonds. The number of carboxylic acid groups (broad SMARTS) is 1. The van der Waals surface area contributed by atoms with E-state index in [0.29, 0.717) is 17.1 Å². The molecule has 0 saturated heterocycles. The van der Waals surface area contributed by atoms with Crippen LogP contribution in [-0.4, -0.2) is 62.2 Å². The van der Waals surface area contributed by atoms with E-state index < -0.39 is 35.3 Å². The van der Waals surface area contributed by atoms with Gasteiger partial charge in [-0.3, -0.25) is 10.6 Å². The van der Waals surface area contributed by atoms with Crippen LogP contribution in [0.25, 0.3) is 0 Å². The third kappa shape index (κ3) is 13.2. The average Bonchev–Trinajstić information content (AvgIpc) is 3.20. The van der Waals surface area contributed by atoms with Crippen LogP contribution in [0.15, 0.2) is 24.5 Å². The molecule has 14 heteroatoms. The number of hydrogen-bond acceptors (Lipinski definition) is 8. The van der Waals surface area contributed by atoms with E-state index in [0.717, 1.165) is 0 Å². The Morgan fingerprint density at radius 1 is 0.784 bits per heavy atom. The molecule has 202 valence electrons. The number of nitrogens with zero attached hydrogens (tertiary/aromatic N) is 2. The van der Waals surface area contributed by atoms with Crippen molar-refractivity contribution in [1.29, 1.82) is 0 Å². The van der Waals surface area contributed by atoms with Crippen LogP contribution in [0.4, 0.5) is 21.0 Å². The maximum absolute atomic E-state index is 11.5. The molecule has 2 rings (SSSR count). The zero-order chi connectivity index (χ0) is 27.1. The molecule has 2 heterocycles. The van der Waals surface area contributed by atoms with E-state index in [1.165, 1.54) is 30.0 Å². The van der Waals surface area contributed by atoms with Gasteiger partial charge in [0.05, 0.1) is 18.5 Å². The van der Waals surface area contributed by atoms with E-state index in [-0.39, 0.29) is 40.7 Å². The van der Waals surface area contributed by atoms with Crippen molar-refractivity contribution in [2.24, 2.45) is 14.1 Å². The Morgan fingerprint density at radius 2 is 1.14 bits per heavy atom. The fraction of sp³-hybridized carbons (Fsp3) is 0.478. The SMILES string of the molecule is COC(=O)c1cc(NC(=O)OC(C)(C)C)cn1C.Cn1cc(NC(=O)OC(C)(C)C)cc1C(=O)O.[Na+].[OH-]. The zero-order valence-corrected chi connectivity index (χ0v) is 25.0. The molecule has 0 spiro atoms. The van der Waals surface area contributed by atoms with E-state index in [2.05, 4.69) is 15.4 Å². The predicted octanol–water partition coefficient (Wildman–Crippen LogP) is 1.06. The molecular weight excluding hydrogens is 499 g/mol. The molecule has 37 heavy (non-hydrogen) atoms. The minimum absolute atomic E-state index is 0. The van der Waals surface area contributed by atoms with Gasteiger partial charge in [0, 0.05) is 26.5 Å². The Morgan fingerprint density at radius 3 is 1.43 bits per heavy atom. The topological polar surface area (TPSA) is 180 Å². The van der Waals surface area contributed by atoms with Crippen molar-refractivity contribution < 1.29 is 73.5 Å². The minimum atomic E-state index is -1.05. The van der Waals surface area contributed by atoms with Crippen LogP contribution < -0.4 is 40.2 Å². The summed E-state index contributed by atoms with van der Waals surface area (Å²) in [5, 5.41) is 13.9. The summed E-state index contributed by atoms with van der Waals surface area (Å²) in [6, 6.07) is 2.89. The van der Waals surface area contributed by atoms with Crippen molar-refractivity contribution in [2.75, 3.05) is 17.7 Å². The van der Waals surface area contributed by atoms with Crippen LogP contribution in [0, 0.1) is 0 Å². The molecule has 2 aromatic heterocycles. The van der Waals surface area contributed by atoms with Gasteiger partial charge in [-0.1, -0.05) is 0 Å². The van der Waals surface area contributed by atoms with Gasteiger partial charge in [-0.05, 0) is 53.7 Å². The van der Waals surface area contributed by atoms with Gasteiger partial charge in [0.2, 0.25) is 0 Å². The first-order valence-corrected chi connectivity index (χ1v) is 10.6. The fourth-order valence-corrected chi connectivity index (χ4v) is 2.63. The van der Waals surface area contributed by atoms with Crippen molar-refractivity contribution >= 4 is 35.5 Å². The molecule has 0 aliphatic heterocycles. The number of amides is 2. The molecule has 4 N–H and O–H groups in total. The predicted molar refractivity (Wildman–Crippen MR) is 131 cm³/mol. The standard InChI is InChI=1S/C12H18N2O4.C11H16N2O4.Na.H2O/c1-12(2,3)18-11(16)13-8-6-9(10(15)17-5)14(4)7-8;1-11(2,3)17-10(16)12-7-5-8(9(14)15)13(4)6-7;;/h6-7H,1-5H3,(H,13,16);5-6H,1-4H3,(H,12,16)(H,14,15);;1H2/q;;+1;/p-1. The number of hydrogen-bond donors (Lipinski definition) is 3. The number of carboxylic acids is 1. The fourth-order valence-electron chi connectivity index (χ4n) is 2.63. The van der Waals surface area contributed by atoms with Gasteiger partial charge in [0.25, 0.3) is 0 Å². The molecule has 0 fully saturated rings. The number of aromatic carboxylic acids is 1. The van der Waals surface area contributed by atoms with E-state index >= 15 is 0 Å². The number of anilines is 2. The summed E-state index contributed by atoms with van der Waals surface area (Å²) in [6.45, 7) is 10.6. The number of carbonyl (C=O) groups is 4. The van der Waals surface area contributed by atoms with Crippen molar-refractivity contribution in [3.8, 4) is 0 Å². The first-order chi connectivity index (χ1) is 15.9. The van der Waals surface area contributed by atoms with Crippen molar-refractivity contribution in [1.82, 2.24) is 9.13 Å². The Kier molecular flexibility index (Phi) is 14.3. The molecule has 0 unspecified atom stereocenters. The summed E-state index contributed by atoms with van der Waals surface area (Å²) in [5.41, 5.74) is 0.157. The number of aromatic nitrogens is 2. The number of methoxy groups -OCH3 is 1. The largest absolute Gasteiger partial charge is 1.00 e. The molecule has 0 atom stereocenters. The van der Waals surface area contributed by atoms with Crippen LogP contribution >= 0.6 is 0 Å². The van der Waals surface area contributed by atoms with Crippen LogP contribution in [-0.2, 0) is 28.3 Å². The molecule has 13 nitrogen and oxygen atoms in total. The Labute approximate surface area is 238 Å². The number of aryl methyl sites for hydroxylation is 2.